The molecule has 0 radical (unpaired) electrons. The Morgan fingerprint density at radius 1 is 1.41 bits per heavy atom. The lowest BCUT2D eigenvalue weighted by molar-refractivity contribution is 0.0517. The second-order valence-corrected chi connectivity index (χ2v) is 7.09. The molecule has 5 heteroatoms. The minimum atomic E-state index is -0.450. The van der Waals surface area contributed by atoms with E-state index < -0.39 is 5.60 Å². The predicted octanol–water partition coefficient (Wildman–Crippen LogP) is 3.37. The van der Waals surface area contributed by atoms with Gasteiger partial charge in [-0.3, -0.25) is 0 Å². The van der Waals surface area contributed by atoms with Crippen molar-refractivity contribution in [3.63, 3.8) is 0 Å². The van der Waals surface area contributed by atoms with Crippen molar-refractivity contribution in [3.8, 4) is 0 Å². The van der Waals surface area contributed by atoms with E-state index in [1.54, 1.807) is 6.26 Å². The molecule has 1 saturated carbocycles. The molecular formula is C17H28N2O3. The van der Waals surface area contributed by atoms with Gasteiger partial charge in [0.05, 0.1) is 12.8 Å². The third-order valence-electron chi connectivity index (χ3n) is 4.06. The molecule has 1 aliphatic carbocycles. The third kappa shape index (κ3) is 5.05. The normalized spacial score (nSPS) is 21.8. The lowest BCUT2D eigenvalue weighted by Crippen LogP contribution is -2.40. The van der Waals surface area contributed by atoms with Gasteiger partial charge in [0.25, 0.3) is 0 Å². The summed E-state index contributed by atoms with van der Waals surface area (Å²) in [5.74, 6) is 1.44. The molecule has 1 aliphatic rings. The third-order valence-corrected chi connectivity index (χ3v) is 4.06. The molecule has 1 amide bonds. The van der Waals surface area contributed by atoms with Crippen LogP contribution in [0.4, 0.5) is 4.79 Å². The number of nitrogens with one attached hydrogen (secondary N) is 2. The van der Waals surface area contributed by atoms with Gasteiger partial charge >= 0.3 is 6.09 Å². The largest absolute Gasteiger partial charge is 0.468 e. The Morgan fingerprint density at radius 3 is 2.82 bits per heavy atom. The van der Waals surface area contributed by atoms with Gasteiger partial charge in [-0.1, -0.05) is 6.42 Å². The van der Waals surface area contributed by atoms with Crippen molar-refractivity contribution in [2.75, 3.05) is 6.54 Å². The van der Waals surface area contributed by atoms with Crippen molar-refractivity contribution in [3.05, 3.63) is 23.7 Å². The molecule has 1 aromatic heterocycles. The first kappa shape index (κ1) is 16.9. The first-order valence-electron chi connectivity index (χ1n) is 8.08. The molecular weight excluding hydrogens is 280 g/mol. The molecule has 0 aliphatic heterocycles. The minimum absolute atomic E-state index is 0.333. The summed E-state index contributed by atoms with van der Waals surface area (Å²) >= 11 is 0. The summed E-state index contributed by atoms with van der Waals surface area (Å²) in [5.41, 5.74) is 0.725. The molecule has 2 atom stereocenters. The minimum Gasteiger partial charge on any atom is -0.468 e. The van der Waals surface area contributed by atoms with Crippen molar-refractivity contribution in [1.29, 1.82) is 0 Å². The summed E-state index contributed by atoms with van der Waals surface area (Å²) in [4.78, 5) is 11.7. The Morgan fingerprint density at radius 2 is 2.18 bits per heavy atom. The molecule has 1 aromatic rings. The number of alkyl carbamates (subject to hydrolysis) is 1. The van der Waals surface area contributed by atoms with Crippen LogP contribution in [-0.2, 0) is 11.3 Å². The summed E-state index contributed by atoms with van der Waals surface area (Å²) in [7, 11) is 0. The van der Waals surface area contributed by atoms with Gasteiger partial charge in [0.15, 0.2) is 0 Å². The van der Waals surface area contributed by atoms with Gasteiger partial charge in [-0.25, -0.2) is 4.79 Å². The van der Waals surface area contributed by atoms with Crippen LogP contribution in [0.1, 0.15) is 51.4 Å². The van der Waals surface area contributed by atoms with E-state index in [0.717, 1.165) is 25.1 Å². The summed E-state index contributed by atoms with van der Waals surface area (Å²) in [6.45, 7) is 9.07. The van der Waals surface area contributed by atoms with Crippen LogP contribution in [0.3, 0.4) is 0 Å². The van der Waals surface area contributed by atoms with Gasteiger partial charge in [0.1, 0.15) is 11.4 Å². The number of carbonyl (C=O) groups excluding carboxylic acids is 1. The molecule has 0 aromatic carbocycles. The highest BCUT2D eigenvalue weighted by Gasteiger charge is 2.28. The molecule has 124 valence electrons. The quantitative estimate of drug-likeness (QED) is 0.875. The summed E-state index contributed by atoms with van der Waals surface area (Å²) in [6.07, 6.45) is 4.85. The van der Waals surface area contributed by atoms with Crippen molar-refractivity contribution in [2.24, 2.45) is 5.92 Å². The number of hydrogen-bond acceptors (Lipinski definition) is 4. The van der Waals surface area contributed by atoms with Gasteiger partial charge in [0, 0.05) is 12.6 Å². The number of rotatable bonds is 5. The number of aryl methyl sites for hydroxylation is 1. The first-order chi connectivity index (χ1) is 10.3. The Balaban J connectivity index is 1.76. The molecule has 0 spiro atoms. The predicted molar refractivity (Wildman–Crippen MR) is 85.7 cm³/mol. The Bertz CT molecular complexity index is 490. The van der Waals surface area contributed by atoms with Crippen molar-refractivity contribution in [1.82, 2.24) is 10.6 Å². The molecule has 2 N–H and O–H groups in total. The van der Waals surface area contributed by atoms with Gasteiger partial charge in [-0.15, -0.1) is 0 Å². The van der Waals surface area contributed by atoms with E-state index >= 15 is 0 Å². The molecule has 0 saturated heterocycles. The lowest BCUT2D eigenvalue weighted by atomic mass is 10.0. The molecule has 0 bridgehead atoms. The molecule has 5 nitrogen and oxygen atoms in total. The van der Waals surface area contributed by atoms with Crippen LogP contribution < -0.4 is 10.6 Å². The molecule has 2 rings (SSSR count). The van der Waals surface area contributed by atoms with Gasteiger partial charge in [0.2, 0.25) is 0 Å². The Hall–Kier alpha value is -1.49. The fourth-order valence-electron chi connectivity index (χ4n) is 2.89. The van der Waals surface area contributed by atoms with Crippen molar-refractivity contribution in [2.45, 2.75) is 65.1 Å². The number of carbonyl (C=O) groups is 1. The van der Waals surface area contributed by atoms with Crippen LogP contribution in [0.2, 0.25) is 0 Å². The topological polar surface area (TPSA) is 63.5 Å². The van der Waals surface area contributed by atoms with Gasteiger partial charge in [-0.2, -0.15) is 0 Å². The fraction of sp³-hybridized carbons (Fsp3) is 0.706. The van der Waals surface area contributed by atoms with E-state index in [9.17, 15) is 4.79 Å². The zero-order chi connectivity index (χ0) is 16.2. The van der Waals surface area contributed by atoms with E-state index in [1.807, 2.05) is 26.8 Å². The highest BCUT2D eigenvalue weighted by atomic mass is 16.6. The molecule has 22 heavy (non-hydrogen) atoms. The molecule has 1 fully saturated rings. The second-order valence-electron chi connectivity index (χ2n) is 7.09. The Labute approximate surface area is 132 Å². The lowest BCUT2D eigenvalue weighted by Gasteiger charge is -2.23. The summed E-state index contributed by atoms with van der Waals surface area (Å²) in [5, 5.41) is 6.45. The zero-order valence-electron chi connectivity index (χ0n) is 14.1. The number of furan rings is 1. The maximum Gasteiger partial charge on any atom is 0.407 e. The highest BCUT2D eigenvalue weighted by molar-refractivity contribution is 5.67. The van der Waals surface area contributed by atoms with E-state index in [1.165, 1.54) is 12.0 Å². The number of ether oxygens (including phenoxy) is 1. The summed E-state index contributed by atoms with van der Waals surface area (Å²) < 4.78 is 10.7. The highest BCUT2D eigenvalue weighted by Crippen LogP contribution is 2.25. The van der Waals surface area contributed by atoms with Crippen LogP contribution >= 0.6 is 0 Å². The van der Waals surface area contributed by atoms with E-state index in [-0.39, 0.29) is 6.09 Å². The van der Waals surface area contributed by atoms with Crippen LogP contribution in [0, 0.1) is 12.8 Å². The van der Waals surface area contributed by atoms with Gasteiger partial charge in [-0.05, 0) is 58.1 Å². The standard InChI is InChI=1S/C17H28N2O3/c1-12-8-9-21-15(12)11-18-14-7-5-6-13(14)10-19-16(20)22-17(2,3)4/h8-9,13-14,18H,5-7,10-11H2,1-4H3,(H,19,20). The zero-order valence-corrected chi connectivity index (χ0v) is 14.1. The first-order valence-corrected chi connectivity index (χ1v) is 8.08. The van der Waals surface area contributed by atoms with Crippen LogP contribution in [0.25, 0.3) is 0 Å². The Kier molecular flexibility index (Phi) is 5.51. The van der Waals surface area contributed by atoms with Crippen molar-refractivity contribution < 1.29 is 13.9 Å². The average Bonchev–Trinajstić information content (AvgIpc) is 3.00. The van der Waals surface area contributed by atoms with Crippen LogP contribution in [0.5, 0.6) is 0 Å². The second kappa shape index (κ2) is 7.18. The maximum atomic E-state index is 11.7. The van der Waals surface area contributed by atoms with Gasteiger partial charge < -0.3 is 19.8 Å². The fourth-order valence-corrected chi connectivity index (χ4v) is 2.89. The number of amides is 1. The average molecular weight is 308 g/mol. The van der Waals surface area contributed by atoms with E-state index in [2.05, 4.69) is 17.6 Å². The maximum absolute atomic E-state index is 11.7. The van der Waals surface area contributed by atoms with E-state index in [4.69, 9.17) is 9.15 Å². The van der Waals surface area contributed by atoms with Crippen LogP contribution in [-0.4, -0.2) is 24.3 Å². The monoisotopic (exact) mass is 308 g/mol. The number of hydrogen-bond donors (Lipinski definition) is 2. The summed E-state index contributed by atoms with van der Waals surface area (Å²) in [6, 6.07) is 2.40. The molecule has 2 unspecified atom stereocenters. The van der Waals surface area contributed by atoms with Crippen molar-refractivity contribution >= 4 is 6.09 Å². The SMILES string of the molecule is Cc1ccoc1CNC1CCCC1CNC(=O)OC(C)(C)C. The smallest absolute Gasteiger partial charge is 0.407 e. The molecule has 1 heterocycles. The van der Waals surface area contributed by atoms with E-state index in [0.29, 0.717) is 18.5 Å². The van der Waals surface area contributed by atoms with Crippen LogP contribution in [0.15, 0.2) is 16.7 Å².